The Morgan fingerprint density at radius 1 is 1.42 bits per heavy atom. The molecule has 9 heteroatoms. The van der Waals surface area contributed by atoms with Gasteiger partial charge in [0.25, 0.3) is 0 Å². The zero-order valence-electron chi connectivity index (χ0n) is 14.2. The summed E-state index contributed by atoms with van der Waals surface area (Å²) in [7, 11) is 0. The predicted octanol–water partition coefficient (Wildman–Crippen LogP) is 1.05. The molecule has 0 saturated carbocycles. The van der Waals surface area contributed by atoms with Crippen LogP contribution < -0.4 is 15.6 Å². The molecule has 1 fully saturated rings. The van der Waals surface area contributed by atoms with Crippen molar-refractivity contribution >= 4 is 35.0 Å². The van der Waals surface area contributed by atoms with E-state index in [0.29, 0.717) is 37.4 Å². The Balaban J connectivity index is 0.00000243. The number of hydrogen-bond donors (Lipinski definition) is 3. The molecule has 1 atom stereocenters. The summed E-state index contributed by atoms with van der Waals surface area (Å²) in [6, 6.07) is 2.55. The summed E-state index contributed by atoms with van der Waals surface area (Å²) >= 11 is 0. The molecule has 142 valence electrons. The van der Waals surface area contributed by atoms with Crippen molar-refractivity contribution in [3.05, 3.63) is 39.9 Å². The van der Waals surface area contributed by atoms with E-state index in [1.54, 1.807) is 10.6 Å². The summed E-state index contributed by atoms with van der Waals surface area (Å²) in [6.07, 6.45) is 1.29. The highest BCUT2D eigenvalue weighted by atomic mass is 35.5. The average molecular weight is 386 g/mol. The van der Waals surface area contributed by atoms with Crippen molar-refractivity contribution in [2.45, 2.75) is 19.5 Å². The molecule has 26 heavy (non-hydrogen) atoms. The van der Waals surface area contributed by atoms with Crippen LogP contribution in [0.25, 0.3) is 10.9 Å². The lowest BCUT2D eigenvalue weighted by molar-refractivity contribution is 0.0695. The molecule has 3 N–H and O–H groups in total. The second kappa shape index (κ2) is 8.03. The number of aromatic carboxylic acids is 1. The number of carboxylic acid groups (broad SMARTS) is 1. The van der Waals surface area contributed by atoms with Crippen molar-refractivity contribution in [3.8, 4) is 0 Å². The first-order valence-electron chi connectivity index (χ1n) is 8.15. The van der Waals surface area contributed by atoms with Gasteiger partial charge in [-0.15, -0.1) is 12.4 Å². The number of nitrogens with zero attached hydrogens (tertiary/aromatic N) is 2. The normalized spacial score (nSPS) is 17.2. The maximum absolute atomic E-state index is 14.7. The number of carbonyl (C=O) groups is 1. The van der Waals surface area contributed by atoms with Gasteiger partial charge in [0.1, 0.15) is 11.4 Å². The Morgan fingerprint density at radius 2 is 2.15 bits per heavy atom. The van der Waals surface area contributed by atoms with Gasteiger partial charge >= 0.3 is 5.97 Å². The minimum absolute atomic E-state index is 0. The van der Waals surface area contributed by atoms with Crippen molar-refractivity contribution in [1.82, 2.24) is 9.88 Å². The topological polar surface area (TPSA) is 94.8 Å². The van der Waals surface area contributed by atoms with Gasteiger partial charge in [0, 0.05) is 43.8 Å². The summed E-state index contributed by atoms with van der Waals surface area (Å²) in [6.45, 7) is 3.85. The van der Waals surface area contributed by atoms with Gasteiger partial charge < -0.3 is 25.0 Å². The minimum atomic E-state index is -1.33. The SMILES string of the molecule is CCn1cc(C(=O)O)c(=O)c2cc(F)c(N3CCNC(CO)C3)cc21.Cl. The van der Waals surface area contributed by atoms with Gasteiger partial charge in [-0.1, -0.05) is 0 Å². The van der Waals surface area contributed by atoms with E-state index in [2.05, 4.69) is 5.32 Å². The van der Waals surface area contributed by atoms with E-state index < -0.39 is 17.2 Å². The van der Waals surface area contributed by atoms with Gasteiger partial charge in [-0.25, -0.2) is 9.18 Å². The van der Waals surface area contributed by atoms with Crippen LogP contribution >= 0.6 is 12.4 Å². The number of aliphatic hydroxyl groups excluding tert-OH is 1. The number of fused-ring (bicyclic) bond motifs is 1. The minimum Gasteiger partial charge on any atom is -0.477 e. The average Bonchev–Trinajstić information content (AvgIpc) is 2.61. The van der Waals surface area contributed by atoms with E-state index in [1.807, 2.05) is 11.8 Å². The Kier molecular flexibility index (Phi) is 6.22. The molecule has 2 aromatic rings. The number of hydrogen-bond acceptors (Lipinski definition) is 5. The molecule has 3 rings (SSSR count). The molecule has 0 radical (unpaired) electrons. The molecule has 2 heterocycles. The Bertz CT molecular complexity index is 886. The number of nitrogens with one attached hydrogen (secondary N) is 1. The van der Waals surface area contributed by atoms with Crippen LogP contribution in [0.2, 0.25) is 0 Å². The van der Waals surface area contributed by atoms with Crippen molar-refractivity contribution < 1.29 is 19.4 Å². The van der Waals surface area contributed by atoms with Crippen LogP contribution in [0, 0.1) is 5.82 Å². The number of carboxylic acids is 1. The highest BCUT2D eigenvalue weighted by Crippen LogP contribution is 2.26. The van der Waals surface area contributed by atoms with Gasteiger partial charge in [-0.05, 0) is 19.1 Å². The van der Waals surface area contributed by atoms with Gasteiger partial charge in [-0.2, -0.15) is 0 Å². The highest BCUT2D eigenvalue weighted by Gasteiger charge is 2.23. The molecule has 1 unspecified atom stereocenters. The lowest BCUT2D eigenvalue weighted by Gasteiger charge is -2.34. The highest BCUT2D eigenvalue weighted by molar-refractivity contribution is 5.93. The molecular formula is C17H21ClFN3O4. The molecule has 1 aliphatic rings. The fraction of sp³-hybridized carbons (Fsp3) is 0.412. The van der Waals surface area contributed by atoms with Gasteiger partial charge in [-0.3, -0.25) is 4.79 Å². The Hall–Kier alpha value is -2.16. The predicted molar refractivity (Wildman–Crippen MR) is 99.1 cm³/mol. The number of anilines is 1. The van der Waals surface area contributed by atoms with E-state index in [-0.39, 0.29) is 36.0 Å². The Labute approximate surface area is 155 Å². The van der Waals surface area contributed by atoms with Crippen molar-refractivity contribution in [1.29, 1.82) is 0 Å². The van der Waals surface area contributed by atoms with Crippen LogP contribution in [0.5, 0.6) is 0 Å². The summed E-state index contributed by atoms with van der Waals surface area (Å²) in [5, 5.41) is 21.7. The van der Waals surface area contributed by atoms with E-state index >= 15 is 0 Å². The maximum Gasteiger partial charge on any atom is 0.341 e. The van der Waals surface area contributed by atoms with Crippen molar-refractivity contribution in [2.24, 2.45) is 0 Å². The number of aromatic nitrogens is 1. The first-order valence-corrected chi connectivity index (χ1v) is 8.15. The van der Waals surface area contributed by atoms with Gasteiger partial charge in [0.15, 0.2) is 0 Å². The van der Waals surface area contributed by atoms with E-state index in [9.17, 15) is 24.2 Å². The Morgan fingerprint density at radius 3 is 2.77 bits per heavy atom. The fourth-order valence-corrected chi connectivity index (χ4v) is 3.22. The molecule has 1 aromatic carbocycles. The summed E-state index contributed by atoms with van der Waals surface area (Å²) in [4.78, 5) is 25.4. The fourth-order valence-electron chi connectivity index (χ4n) is 3.22. The summed E-state index contributed by atoms with van der Waals surface area (Å²) < 4.78 is 16.3. The quantitative estimate of drug-likeness (QED) is 0.728. The molecule has 1 saturated heterocycles. The number of halogens is 2. The standard InChI is InChI=1S/C17H20FN3O4.ClH/c1-2-20-8-12(17(24)25)16(23)11-5-13(18)15(6-14(11)20)21-4-3-19-10(7-21)9-22;/h5-6,8,10,19,22H,2-4,7,9H2,1H3,(H,24,25);1H. The maximum atomic E-state index is 14.7. The van der Waals surface area contributed by atoms with Crippen LogP contribution in [0.3, 0.4) is 0 Å². The number of aryl methyl sites for hydroxylation is 1. The van der Waals surface area contributed by atoms with Crippen LogP contribution in [-0.2, 0) is 6.54 Å². The largest absolute Gasteiger partial charge is 0.477 e. The number of benzene rings is 1. The van der Waals surface area contributed by atoms with Crippen LogP contribution in [-0.4, -0.2) is 53.0 Å². The molecule has 0 bridgehead atoms. The third-order valence-electron chi connectivity index (χ3n) is 4.54. The number of pyridine rings is 1. The zero-order chi connectivity index (χ0) is 18.1. The monoisotopic (exact) mass is 385 g/mol. The third-order valence-corrected chi connectivity index (χ3v) is 4.54. The second-order valence-electron chi connectivity index (χ2n) is 6.06. The number of rotatable bonds is 4. The van der Waals surface area contributed by atoms with Crippen LogP contribution in [0.4, 0.5) is 10.1 Å². The van der Waals surface area contributed by atoms with Crippen LogP contribution in [0.1, 0.15) is 17.3 Å². The van der Waals surface area contributed by atoms with E-state index in [0.717, 1.165) is 6.07 Å². The lowest BCUT2D eigenvalue weighted by atomic mass is 10.1. The number of aliphatic hydroxyl groups is 1. The summed E-state index contributed by atoms with van der Waals surface area (Å²) in [5.74, 6) is -1.90. The van der Waals surface area contributed by atoms with Crippen molar-refractivity contribution in [3.63, 3.8) is 0 Å². The first-order chi connectivity index (χ1) is 12.0. The first kappa shape index (κ1) is 20.2. The zero-order valence-corrected chi connectivity index (χ0v) is 15.1. The van der Waals surface area contributed by atoms with Crippen LogP contribution in [0.15, 0.2) is 23.1 Å². The molecule has 0 aliphatic carbocycles. The molecular weight excluding hydrogens is 365 g/mol. The van der Waals surface area contributed by atoms with Gasteiger partial charge in [0.05, 0.1) is 17.8 Å². The molecule has 1 aromatic heterocycles. The second-order valence-corrected chi connectivity index (χ2v) is 6.06. The van der Waals surface area contributed by atoms with Gasteiger partial charge in [0.2, 0.25) is 5.43 Å². The molecule has 0 amide bonds. The van der Waals surface area contributed by atoms with Crippen molar-refractivity contribution in [2.75, 3.05) is 31.1 Å². The smallest absolute Gasteiger partial charge is 0.341 e. The molecule has 0 spiro atoms. The lowest BCUT2D eigenvalue weighted by Crippen LogP contribution is -2.52. The van der Waals surface area contributed by atoms with E-state index in [4.69, 9.17) is 0 Å². The molecule has 1 aliphatic heterocycles. The number of piperazine rings is 1. The third kappa shape index (κ3) is 3.53. The summed E-state index contributed by atoms with van der Waals surface area (Å²) in [5.41, 5.74) is -0.222. The van der Waals surface area contributed by atoms with E-state index in [1.165, 1.54) is 6.20 Å². The molecule has 7 nitrogen and oxygen atoms in total.